The van der Waals surface area contributed by atoms with E-state index < -0.39 is 10.0 Å². The summed E-state index contributed by atoms with van der Waals surface area (Å²) >= 11 is 1.03. The number of rotatable bonds is 2. The molecule has 2 N–H and O–H groups in total. The second-order valence-electron chi connectivity index (χ2n) is 2.83. The first-order valence-electron chi connectivity index (χ1n) is 3.99. The van der Waals surface area contributed by atoms with Gasteiger partial charge >= 0.3 is 0 Å². The summed E-state index contributed by atoms with van der Waals surface area (Å²) in [5, 5.41) is 4.99. The molecular formula is C8H8N2O3S2. The van der Waals surface area contributed by atoms with Gasteiger partial charge in [0.1, 0.15) is 11.3 Å². The molecule has 2 rings (SSSR count). The Balaban J connectivity index is 2.76. The molecule has 0 saturated heterocycles. The van der Waals surface area contributed by atoms with Gasteiger partial charge in [-0.1, -0.05) is 6.07 Å². The topological polar surface area (TPSA) is 82.3 Å². The van der Waals surface area contributed by atoms with E-state index in [0.29, 0.717) is 11.3 Å². The minimum atomic E-state index is -3.74. The number of methoxy groups -OCH3 is 1. The number of aromatic nitrogens is 1. The van der Waals surface area contributed by atoms with Crippen LogP contribution in [-0.2, 0) is 10.0 Å². The number of hydrogen-bond donors (Lipinski definition) is 1. The molecule has 0 fully saturated rings. The van der Waals surface area contributed by atoms with Crippen LogP contribution in [0.25, 0.3) is 10.2 Å². The Morgan fingerprint density at radius 3 is 2.80 bits per heavy atom. The lowest BCUT2D eigenvalue weighted by Crippen LogP contribution is -2.11. The summed E-state index contributed by atoms with van der Waals surface area (Å²) in [6, 6.07) is 5.26. The van der Waals surface area contributed by atoms with E-state index in [4.69, 9.17) is 9.88 Å². The normalized spacial score (nSPS) is 11.9. The van der Waals surface area contributed by atoms with Crippen LogP contribution in [0.2, 0.25) is 0 Å². The van der Waals surface area contributed by atoms with Crippen molar-refractivity contribution in [3.63, 3.8) is 0 Å². The van der Waals surface area contributed by atoms with Crippen molar-refractivity contribution in [2.24, 2.45) is 5.14 Å². The van der Waals surface area contributed by atoms with Crippen LogP contribution >= 0.6 is 11.3 Å². The highest BCUT2D eigenvalue weighted by Gasteiger charge is 2.16. The molecular weight excluding hydrogens is 236 g/mol. The van der Waals surface area contributed by atoms with Crippen molar-refractivity contribution in [2.75, 3.05) is 7.11 Å². The molecule has 15 heavy (non-hydrogen) atoms. The molecule has 0 aliphatic carbocycles. The number of para-hydroxylation sites is 1. The van der Waals surface area contributed by atoms with Crippen LogP contribution in [0.4, 0.5) is 0 Å². The molecule has 7 heteroatoms. The Bertz CT molecular complexity index is 603. The zero-order valence-electron chi connectivity index (χ0n) is 7.80. The van der Waals surface area contributed by atoms with Crippen LogP contribution < -0.4 is 9.88 Å². The molecule has 0 aliphatic rings. The fourth-order valence-electron chi connectivity index (χ4n) is 1.19. The molecule has 1 aromatic heterocycles. The Labute approximate surface area is 90.6 Å². The molecule has 1 heterocycles. The summed E-state index contributed by atoms with van der Waals surface area (Å²) in [6.07, 6.45) is 0. The second-order valence-corrected chi connectivity index (χ2v) is 5.60. The summed E-state index contributed by atoms with van der Waals surface area (Å²) in [4.78, 5) is 3.94. The zero-order chi connectivity index (χ0) is 11.1. The van der Waals surface area contributed by atoms with Crippen molar-refractivity contribution in [3.8, 4) is 5.75 Å². The van der Waals surface area contributed by atoms with Gasteiger partial charge in [-0.25, -0.2) is 18.5 Å². The molecule has 0 unspecified atom stereocenters. The zero-order valence-corrected chi connectivity index (χ0v) is 9.43. The molecule has 2 aromatic rings. The predicted octanol–water partition coefficient (Wildman–Crippen LogP) is 0.952. The molecule has 0 saturated carbocycles. The maximum atomic E-state index is 11.1. The van der Waals surface area contributed by atoms with Crippen LogP contribution in [0.3, 0.4) is 0 Å². The molecule has 5 nitrogen and oxygen atoms in total. The van der Waals surface area contributed by atoms with Gasteiger partial charge in [-0.15, -0.1) is 11.3 Å². The fourth-order valence-corrected chi connectivity index (χ4v) is 2.86. The third-order valence-corrected chi connectivity index (χ3v) is 4.17. The maximum absolute atomic E-state index is 11.1. The Morgan fingerprint density at radius 1 is 1.47 bits per heavy atom. The second kappa shape index (κ2) is 3.44. The quantitative estimate of drug-likeness (QED) is 0.852. The van der Waals surface area contributed by atoms with E-state index in [2.05, 4.69) is 4.98 Å². The van der Waals surface area contributed by atoms with Crippen molar-refractivity contribution in [1.82, 2.24) is 4.98 Å². The van der Waals surface area contributed by atoms with Crippen molar-refractivity contribution < 1.29 is 13.2 Å². The van der Waals surface area contributed by atoms with Gasteiger partial charge in [-0.3, -0.25) is 0 Å². The van der Waals surface area contributed by atoms with Crippen LogP contribution in [0.1, 0.15) is 0 Å². The van der Waals surface area contributed by atoms with Gasteiger partial charge in [0.15, 0.2) is 0 Å². The maximum Gasteiger partial charge on any atom is 0.265 e. The van der Waals surface area contributed by atoms with E-state index in [0.717, 1.165) is 16.0 Å². The van der Waals surface area contributed by atoms with Gasteiger partial charge in [0.25, 0.3) is 10.0 Å². The van der Waals surface area contributed by atoms with Gasteiger partial charge in [0, 0.05) is 0 Å². The van der Waals surface area contributed by atoms with E-state index in [1.165, 1.54) is 7.11 Å². The fraction of sp³-hybridized carbons (Fsp3) is 0.125. The monoisotopic (exact) mass is 244 g/mol. The predicted molar refractivity (Wildman–Crippen MR) is 57.5 cm³/mol. The third-order valence-electron chi connectivity index (χ3n) is 1.83. The molecule has 0 aliphatic heterocycles. The molecule has 0 amide bonds. The molecule has 0 bridgehead atoms. The van der Waals surface area contributed by atoms with E-state index in [1.807, 2.05) is 0 Å². The lowest BCUT2D eigenvalue weighted by molar-refractivity contribution is 0.419. The van der Waals surface area contributed by atoms with Crippen molar-refractivity contribution >= 4 is 31.6 Å². The van der Waals surface area contributed by atoms with E-state index in [1.54, 1.807) is 18.2 Å². The molecule has 1 aromatic carbocycles. The van der Waals surface area contributed by atoms with Gasteiger partial charge < -0.3 is 4.74 Å². The SMILES string of the molecule is COc1cccc2sc(S(N)(=O)=O)nc12. The number of thiazole rings is 1. The number of hydrogen-bond acceptors (Lipinski definition) is 5. The average Bonchev–Trinajstić information content (AvgIpc) is 2.59. The molecule has 80 valence electrons. The number of primary sulfonamides is 1. The first-order chi connectivity index (χ1) is 7.02. The van der Waals surface area contributed by atoms with Gasteiger partial charge in [-0.2, -0.15) is 0 Å². The minimum Gasteiger partial charge on any atom is -0.494 e. The third kappa shape index (κ3) is 1.81. The van der Waals surface area contributed by atoms with Crippen molar-refractivity contribution in [3.05, 3.63) is 18.2 Å². The smallest absolute Gasteiger partial charge is 0.265 e. The number of fused-ring (bicyclic) bond motifs is 1. The first kappa shape index (κ1) is 10.3. The van der Waals surface area contributed by atoms with Gasteiger partial charge in [-0.05, 0) is 12.1 Å². The lowest BCUT2D eigenvalue weighted by Gasteiger charge is -1.97. The summed E-state index contributed by atoms with van der Waals surface area (Å²) in [5.41, 5.74) is 0.522. The number of nitrogens with zero attached hydrogens (tertiary/aromatic N) is 1. The lowest BCUT2D eigenvalue weighted by atomic mass is 10.3. The Morgan fingerprint density at radius 2 is 2.20 bits per heavy atom. The first-order valence-corrected chi connectivity index (χ1v) is 6.35. The number of sulfonamides is 1. The Kier molecular flexibility index (Phi) is 2.37. The van der Waals surface area contributed by atoms with E-state index in [-0.39, 0.29) is 4.34 Å². The van der Waals surface area contributed by atoms with E-state index >= 15 is 0 Å². The highest BCUT2D eigenvalue weighted by atomic mass is 32.2. The van der Waals surface area contributed by atoms with E-state index in [9.17, 15) is 8.42 Å². The number of nitrogens with two attached hydrogens (primary N) is 1. The van der Waals surface area contributed by atoms with Crippen LogP contribution in [0, 0.1) is 0 Å². The summed E-state index contributed by atoms with van der Waals surface area (Å²) in [6.45, 7) is 0. The van der Waals surface area contributed by atoms with Gasteiger partial charge in [0.2, 0.25) is 4.34 Å². The van der Waals surface area contributed by atoms with Crippen molar-refractivity contribution in [2.45, 2.75) is 4.34 Å². The summed E-state index contributed by atoms with van der Waals surface area (Å²) in [5.74, 6) is 0.540. The van der Waals surface area contributed by atoms with Crippen LogP contribution in [0.5, 0.6) is 5.75 Å². The van der Waals surface area contributed by atoms with Crippen LogP contribution in [0.15, 0.2) is 22.5 Å². The summed E-state index contributed by atoms with van der Waals surface area (Å²) in [7, 11) is -2.23. The highest BCUT2D eigenvalue weighted by Crippen LogP contribution is 2.30. The highest BCUT2D eigenvalue weighted by molar-refractivity contribution is 7.91. The Hall–Kier alpha value is -1.18. The number of benzene rings is 1. The average molecular weight is 244 g/mol. The van der Waals surface area contributed by atoms with Gasteiger partial charge in [0.05, 0.1) is 11.8 Å². The minimum absolute atomic E-state index is 0.0954. The summed E-state index contributed by atoms with van der Waals surface area (Å²) < 4.78 is 27.9. The largest absolute Gasteiger partial charge is 0.494 e. The van der Waals surface area contributed by atoms with Crippen molar-refractivity contribution in [1.29, 1.82) is 0 Å². The van der Waals surface area contributed by atoms with Crippen LogP contribution in [-0.4, -0.2) is 20.5 Å². The molecule has 0 spiro atoms. The standard InChI is InChI=1S/C8H8N2O3S2/c1-13-5-3-2-4-6-7(5)10-8(14-6)15(9,11)12/h2-4H,1H3,(H2,9,11,12). The molecule has 0 atom stereocenters. The molecule has 0 radical (unpaired) electrons. The number of ether oxygens (including phenoxy) is 1.